The van der Waals surface area contributed by atoms with Gasteiger partial charge in [0, 0.05) is 50.4 Å². The number of hydrogen-bond donors (Lipinski definition) is 2. The second kappa shape index (κ2) is 11.7. The van der Waals surface area contributed by atoms with Crippen LogP contribution in [0, 0.1) is 5.82 Å². The monoisotopic (exact) mass is 531 g/mol. The second-order valence-electron chi connectivity index (χ2n) is 9.07. The predicted molar refractivity (Wildman–Crippen MR) is 152 cm³/mol. The lowest BCUT2D eigenvalue weighted by Crippen LogP contribution is -2.29. The maximum Gasteiger partial charge on any atom is 0.247 e. The van der Waals surface area contributed by atoms with E-state index in [2.05, 4.69) is 32.1 Å². The summed E-state index contributed by atoms with van der Waals surface area (Å²) in [5.74, 6) is -0.125. The molecule has 202 valence electrons. The van der Waals surface area contributed by atoms with Crippen molar-refractivity contribution < 1.29 is 13.9 Å². The fourth-order valence-corrected chi connectivity index (χ4v) is 3.95. The zero-order valence-electron chi connectivity index (χ0n) is 22.2. The van der Waals surface area contributed by atoms with Crippen molar-refractivity contribution in [1.82, 2.24) is 19.4 Å². The van der Waals surface area contributed by atoms with Gasteiger partial charge < -0.3 is 29.7 Å². The quantitative estimate of drug-likeness (QED) is 0.298. The number of pyridine rings is 1. The second-order valence-corrected chi connectivity index (χ2v) is 9.07. The number of rotatable bonds is 10. The summed E-state index contributed by atoms with van der Waals surface area (Å²) < 4.78 is 21.2. The summed E-state index contributed by atoms with van der Waals surface area (Å²) in [4.78, 5) is 37.7. The van der Waals surface area contributed by atoms with E-state index in [1.807, 2.05) is 26.0 Å². The highest BCUT2D eigenvalue weighted by Gasteiger charge is 2.17. The Balaban J connectivity index is 1.78. The van der Waals surface area contributed by atoms with E-state index in [1.54, 1.807) is 28.8 Å². The number of benzene rings is 2. The smallest absolute Gasteiger partial charge is 0.247 e. The number of amides is 1. The molecule has 0 saturated carbocycles. The zero-order valence-corrected chi connectivity index (χ0v) is 22.2. The van der Waals surface area contributed by atoms with Crippen LogP contribution in [0.5, 0.6) is 5.75 Å². The van der Waals surface area contributed by atoms with Gasteiger partial charge in [-0.3, -0.25) is 9.59 Å². The molecule has 11 heteroatoms. The summed E-state index contributed by atoms with van der Waals surface area (Å²) in [6, 6.07) is 10.9. The molecule has 0 aliphatic carbocycles. The van der Waals surface area contributed by atoms with E-state index in [0.29, 0.717) is 35.0 Å². The van der Waals surface area contributed by atoms with Gasteiger partial charge in [0.2, 0.25) is 11.9 Å². The van der Waals surface area contributed by atoms with Gasteiger partial charge in [-0.15, -0.1) is 0 Å². The number of nitrogens with zero attached hydrogens (tertiary/aromatic N) is 5. The third kappa shape index (κ3) is 6.21. The van der Waals surface area contributed by atoms with Gasteiger partial charge in [0.15, 0.2) is 11.1 Å². The van der Waals surface area contributed by atoms with Gasteiger partial charge >= 0.3 is 0 Å². The van der Waals surface area contributed by atoms with Crippen LogP contribution in [0.3, 0.4) is 0 Å². The number of aromatic nitrogens is 3. The van der Waals surface area contributed by atoms with E-state index >= 15 is 0 Å². The molecule has 39 heavy (non-hydrogen) atoms. The van der Waals surface area contributed by atoms with E-state index in [-0.39, 0.29) is 22.7 Å². The summed E-state index contributed by atoms with van der Waals surface area (Å²) in [5, 5.41) is 6.26. The predicted octanol–water partition coefficient (Wildman–Crippen LogP) is 3.79. The summed E-state index contributed by atoms with van der Waals surface area (Å²) in [6.07, 6.45) is 4.15. The Morgan fingerprint density at radius 1 is 1.15 bits per heavy atom. The Bertz CT molecular complexity index is 1590. The summed E-state index contributed by atoms with van der Waals surface area (Å²) in [6.45, 7) is 5.04. The third-order valence-electron chi connectivity index (χ3n) is 6.03. The van der Waals surface area contributed by atoms with Gasteiger partial charge in [0.05, 0.1) is 29.6 Å². The molecule has 2 aromatic heterocycles. The minimum absolute atomic E-state index is 0.172. The summed E-state index contributed by atoms with van der Waals surface area (Å²) in [5.41, 5.74) is 2.29. The number of anilines is 4. The van der Waals surface area contributed by atoms with Gasteiger partial charge in [-0.2, -0.15) is 4.98 Å². The van der Waals surface area contributed by atoms with Crippen molar-refractivity contribution >= 4 is 40.0 Å². The van der Waals surface area contributed by atoms with Gasteiger partial charge in [-0.25, -0.2) is 9.37 Å². The molecular weight excluding hydrogens is 501 g/mol. The number of likely N-dealkylation sites (N-methyl/N-ethyl adjacent to an activating group) is 2. The largest absolute Gasteiger partial charge is 0.494 e. The maximum absolute atomic E-state index is 13.9. The zero-order chi connectivity index (χ0) is 28.1. The Labute approximate surface area is 225 Å². The molecule has 2 aromatic carbocycles. The number of hydrogen-bond acceptors (Lipinski definition) is 8. The molecule has 1 amide bonds. The van der Waals surface area contributed by atoms with Crippen LogP contribution in [0.1, 0.15) is 0 Å². The molecule has 0 unspecified atom stereocenters. The average molecular weight is 532 g/mol. The minimum atomic E-state index is -0.416. The van der Waals surface area contributed by atoms with Crippen LogP contribution in [0.15, 0.2) is 72.3 Å². The molecule has 2 N–H and O–H groups in total. The summed E-state index contributed by atoms with van der Waals surface area (Å²) in [7, 11) is 7.43. The first-order valence-corrected chi connectivity index (χ1v) is 12.1. The molecule has 4 aromatic rings. The Kier molecular flexibility index (Phi) is 8.21. The molecule has 0 aliphatic heterocycles. The number of carbonyl (C=O) groups excluding carboxylic acids is 1. The lowest BCUT2D eigenvalue weighted by molar-refractivity contribution is -0.111. The SMILES string of the molecule is C=CC(=O)Nc1cc(Nc2ncc3c(=O)ccn(-c4cccc(F)c4)c3n2)c(OC)cc1N(C)CCN(C)C. The minimum Gasteiger partial charge on any atom is -0.494 e. The molecule has 10 nitrogen and oxygen atoms in total. The highest BCUT2D eigenvalue weighted by molar-refractivity contribution is 6.02. The first-order chi connectivity index (χ1) is 18.7. The molecule has 0 radical (unpaired) electrons. The first kappa shape index (κ1) is 27.3. The van der Waals surface area contributed by atoms with Crippen molar-refractivity contribution in [3.05, 3.63) is 83.6 Å². The average Bonchev–Trinajstić information content (AvgIpc) is 2.92. The number of carbonyl (C=O) groups is 1. The molecule has 4 rings (SSSR count). The molecule has 0 spiro atoms. The Hall–Kier alpha value is -4.77. The molecule has 0 atom stereocenters. The number of nitrogens with one attached hydrogen (secondary N) is 2. The van der Waals surface area contributed by atoms with Crippen molar-refractivity contribution in [3.63, 3.8) is 0 Å². The van der Waals surface area contributed by atoms with Crippen LogP contribution >= 0.6 is 0 Å². The summed E-state index contributed by atoms with van der Waals surface area (Å²) >= 11 is 0. The maximum atomic E-state index is 13.9. The highest BCUT2D eigenvalue weighted by Crippen LogP contribution is 2.38. The van der Waals surface area contributed by atoms with E-state index in [9.17, 15) is 14.0 Å². The lowest BCUT2D eigenvalue weighted by Gasteiger charge is -2.26. The number of methoxy groups -OCH3 is 1. The number of fused-ring (bicyclic) bond motifs is 1. The van der Waals surface area contributed by atoms with Crippen molar-refractivity contribution in [2.45, 2.75) is 0 Å². The Morgan fingerprint density at radius 3 is 2.64 bits per heavy atom. The van der Waals surface area contributed by atoms with E-state index < -0.39 is 5.82 Å². The normalized spacial score (nSPS) is 10.9. The van der Waals surface area contributed by atoms with Crippen molar-refractivity contribution in [2.24, 2.45) is 0 Å². The number of ether oxygens (including phenoxy) is 1. The van der Waals surface area contributed by atoms with Crippen molar-refractivity contribution in [2.75, 3.05) is 56.9 Å². The molecular formula is C28H30FN7O3. The lowest BCUT2D eigenvalue weighted by atomic mass is 10.2. The molecule has 2 heterocycles. The van der Waals surface area contributed by atoms with Crippen LogP contribution in [-0.4, -0.2) is 66.7 Å². The van der Waals surface area contributed by atoms with Crippen LogP contribution in [0.2, 0.25) is 0 Å². The van der Waals surface area contributed by atoms with Crippen LogP contribution in [-0.2, 0) is 4.79 Å². The van der Waals surface area contributed by atoms with Gasteiger partial charge in [0.25, 0.3) is 0 Å². The molecule has 0 bridgehead atoms. The van der Waals surface area contributed by atoms with Crippen molar-refractivity contribution in [1.29, 1.82) is 0 Å². The molecule has 0 saturated heterocycles. The van der Waals surface area contributed by atoms with Gasteiger partial charge in [0.1, 0.15) is 11.6 Å². The highest BCUT2D eigenvalue weighted by atomic mass is 19.1. The van der Waals surface area contributed by atoms with Gasteiger partial charge in [-0.1, -0.05) is 12.6 Å². The van der Waals surface area contributed by atoms with Crippen LogP contribution in [0.25, 0.3) is 16.7 Å². The first-order valence-electron chi connectivity index (χ1n) is 12.1. The fraction of sp³-hybridized carbons (Fsp3) is 0.214. The topological polar surface area (TPSA) is 105 Å². The molecule has 0 aliphatic rings. The third-order valence-corrected chi connectivity index (χ3v) is 6.03. The molecule has 0 fully saturated rings. The van der Waals surface area contributed by atoms with E-state index in [1.165, 1.54) is 43.8 Å². The van der Waals surface area contributed by atoms with E-state index in [4.69, 9.17) is 4.74 Å². The van der Waals surface area contributed by atoms with Crippen LogP contribution < -0.4 is 25.7 Å². The standard InChI is InChI=1S/C28H30FN7O3/c1-6-26(38)31-21-15-22(25(39-5)16-23(21)35(4)13-12-34(2)3)32-28-30-17-20-24(37)10-11-36(27(20)33-28)19-9-7-8-18(29)14-19/h6-11,14-17H,1,12-13H2,2-5H3,(H,31,38)(H,30,32,33). The van der Waals surface area contributed by atoms with E-state index in [0.717, 1.165) is 12.2 Å². The fourth-order valence-electron chi connectivity index (χ4n) is 3.95. The van der Waals surface area contributed by atoms with Gasteiger partial charge in [-0.05, 0) is 44.4 Å². The van der Waals surface area contributed by atoms with Crippen LogP contribution in [0.4, 0.5) is 27.4 Å². The van der Waals surface area contributed by atoms with Crippen molar-refractivity contribution in [3.8, 4) is 11.4 Å². The number of halogens is 1. The Morgan fingerprint density at radius 2 is 1.95 bits per heavy atom.